The van der Waals surface area contributed by atoms with Crippen LogP contribution in [0.2, 0.25) is 16.6 Å². The average molecular weight is 801 g/mol. The lowest BCUT2D eigenvalue weighted by molar-refractivity contribution is 0.0270. The maximum atomic E-state index is 17.9. The van der Waals surface area contributed by atoms with Crippen LogP contribution in [0.5, 0.6) is 5.75 Å². The predicted octanol–water partition coefficient (Wildman–Crippen LogP) is 10.2. The molecule has 306 valence electrons. The van der Waals surface area contributed by atoms with E-state index in [2.05, 4.69) is 53.0 Å². The summed E-state index contributed by atoms with van der Waals surface area (Å²) >= 11 is 0. The second kappa shape index (κ2) is 14.6. The summed E-state index contributed by atoms with van der Waals surface area (Å²) in [7, 11) is -0.788. The Labute approximate surface area is 336 Å². The fourth-order valence-corrected chi connectivity index (χ4v) is 14.8. The van der Waals surface area contributed by atoms with Gasteiger partial charge in [-0.05, 0) is 99.5 Å². The number of pyridine rings is 1. The van der Waals surface area contributed by atoms with Gasteiger partial charge in [-0.3, -0.25) is 4.68 Å². The second-order valence-electron chi connectivity index (χ2n) is 18.9. The third kappa shape index (κ3) is 7.33. The molecule has 1 aliphatic heterocycles. The normalized spacial score (nSPS) is 19.8. The Morgan fingerprint density at radius 3 is 2.16 bits per heavy atom. The zero-order valence-corrected chi connectivity index (χ0v) is 36.5. The van der Waals surface area contributed by atoms with Gasteiger partial charge in [-0.1, -0.05) is 53.5 Å². The van der Waals surface area contributed by atoms with Gasteiger partial charge in [-0.25, -0.2) is 18.6 Å². The summed E-state index contributed by atoms with van der Waals surface area (Å²) in [5.41, 5.74) is 4.22. The summed E-state index contributed by atoms with van der Waals surface area (Å²) in [6.07, 6.45) is 1.35. The number of piperidine rings is 1. The van der Waals surface area contributed by atoms with E-state index in [0.717, 1.165) is 12.8 Å². The van der Waals surface area contributed by atoms with E-state index >= 15 is 8.78 Å². The van der Waals surface area contributed by atoms with Crippen LogP contribution >= 0.6 is 0 Å². The molecule has 12 heteroatoms. The van der Waals surface area contributed by atoms with Crippen molar-refractivity contribution in [1.82, 2.24) is 19.7 Å². The molecule has 7 rings (SSSR count). The molecule has 1 amide bonds. The molecule has 3 aliphatic rings. The van der Waals surface area contributed by atoms with Crippen LogP contribution in [0.1, 0.15) is 118 Å². The molecule has 2 unspecified atom stereocenters. The van der Waals surface area contributed by atoms with Gasteiger partial charge in [0.25, 0.3) is 0 Å². The minimum Gasteiger partial charge on any atom is -0.468 e. The standard InChI is InChI=1S/C45H58F2N4O5Si/c1-24(2)57(25(3)4,26(5)6)18-17-30-34(46)16-13-27-19-29(55-23-54-12)20-31(35(27)30)39-38(47)41-37(42(48-39)45(10,11)53)40(49-51(41)28-14-15-28)36-32-21-50(22-33(32)36)43(52)56-44(7,8)9/h13,16,19-20,24-26,28,32-33,36,53H,14-15,21-23H2,1-12H3. The van der Waals surface area contributed by atoms with E-state index in [0.29, 0.717) is 62.9 Å². The number of aliphatic hydroxyl groups is 1. The first-order valence-electron chi connectivity index (χ1n) is 20.4. The zero-order chi connectivity index (χ0) is 41.5. The monoisotopic (exact) mass is 800 g/mol. The lowest BCUT2D eigenvalue weighted by atomic mass is 9.93. The summed E-state index contributed by atoms with van der Waals surface area (Å²) in [5.74, 6) is 2.85. The molecule has 3 fully saturated rings. The van der Waals surface area contributed by atoms with Crippen LogP contribution < -0.4 is 4.74 Å². The Morgan fingerprint density at radius 1 is 0.982 bits per heavy atom. The van der Waals surface area contributed by atoms with Crippen molar-refractivity contribution in [3.05, 3.63) is 52.9 Å². The number of halogens is 2. The highest BCUT2D eigenvalue weighted by molar-refractivity contribution is 6.90. The lowest BCUT2D eigenvalue weighted by Crippen LogP contribution is -2.43. The van der Waals surface area contributed by atoms with Crippen LogP contribution in [0, 0.1) is 34.9 Å². The number of nitrogens with zero attached hydrogens (tertiary/aromatic N) is 4. The number of carbonyl (C=O) groups excluding carboxylic acids is 1. The van der Waals surface area contributed by atoms with Crippen molar-refractivity contribution in [2.45, 2.75) is 129 Å². The van der Waals surface area contributed by atoms with Crippen molar-refractivity contribution >= 4 is 35.8 Å². The molecule has 2 saturated carbocycles. The van der Waals surface area contributed by atoms with Crippen molar-refractivity contribution in [2.75, 3.05) is 27.0 Å². The molecule has 0 bridgehead atoms. The average Bonchev–Trinajstić information content (AvgIpc) is 3.99. The molecule has 1 saturated heterocycles. The predicted molar refractivity (Wildman–Crippen MR) is 222 cm³/mol. The molecule has 3 heterocycles. The van der Waals surface area contributed by atoms with E-state index in [9.17, 15) is 9.90 Å². The van der Waals surface area contributed by atoms with Crippen molar-refractivity contribution in [3.63, 3.8) is 0 Å². The molecule has 57 heavy (non-hydrogen) atoms. The maximum Gasteiger partial charge on any atom is 0.410 e. The fraction of sp³-hybridized carbons (Fsp3) is 0.578. The molecule has 1 N–H and O–H groups in total. The van der Waals surface area contributed by atoms with Crippen molar-refractivity contribution in [1.29, 1.82) is 0 Å². The van der Waals surface area contributed by atoms with Crippen LogP contribution in [0.3, 0.4) is 0 Å². The minimum atomic E-state index is -2.31. The largest absolute Gasteiger partial charge is 0.468 e. The van der Waals surface area contributed by atoms with Crippen LogP contribution in [-0.2, 0) is 15.1 Å². The van der Waals surface area contributed by atoms with E-state index < -0.39 is 30.9 Å². The van der Waals surface area contributed by atoms with Gasteiger partial charge < -0.3 is 24.2 Å². The van der Waals surface area contributed by atoms with E-state index in [1.165, 1.54) is 13.2 Å². The Balaban J connectivity index is 1.45. The highest BCUT2D eigenvalue weighted by atomic mass is 28.3. The molecule has 0 spiro atoms. The van der Waals surface area contributed by atoms with Gasteiger partial charge in [0.2, 0.25) is 0 Å². The third-order valence-electron chi connectivity index (χ3n) is 12.4. The number of amides is 1. The van der Waals surface area contributed by atoms with Gasteiger partial charge in [0.05, 0.1) is 28.4 Å². The van der Waals surface area contributed by atoms with Gasteiger partial charge >= 0.3 is 6.09 Å². The Bertz CT molecular complexity index is 2260. The molecule has 4 aromatic rings. The molecule has 2 aromatic heterocycles. The number of hydrogen-bond donors (Lipinski definition) is 1. The number of hydrogen-bond acceptors (Lipinski definition) is 7. The molecule has 2 atom stereocenters. The summed E-state index contributed by atoms with van der Waals surface area (Å²) in [6.45, 7) is 23.1. The first kappa shape index (κ1) is 41.1. The number of carbonyl (C=O) groups is 1. The van der Waals surface area contributed by atoms with E-state index in [1.807, 2.05) is 20.8 Å². The van der Waals surface area contributed by atoms with Crippen molar-refractivity contribution < 1.29 is 32.9 Å². The zero-order valence-electron chi connectivity index (χ0n) is 35.5. The molecular weight excluding hydrogens is 743 g/mol. The number of fused-ring (bicyclic) bond motifs is 3. The molecule has 2 aromatic carbocycles. The van der Waals surface area contributed by atoms with Crippen LogP contribution in [0.4, 0.5) is 13.6 Å². The number of aromatic nitrogens is 3. The SMILES string of the molecule is COCOc1cc(-c2nc(C(C)(C)O)c3c(C4C5CN(C(=O)OC(C)(C)C)CC54)nn(C4CC4)c3c2F)c2c(C#C[Si](C(C)C)(C(C)C)C(C)C)c(F)ccc2c1. The number of methoxy groups -OCH3 is 1. The number of rotatable bonds is 10. The minimum absolute atomic E-state index is 0.00863. The Morgan fingerprint density at radius 2 is 1.61 bits per heavy atom. The topological polar surface area (TPSA) is 98.9 Å². The van der Waals surface area contributed by atoms with Crippen molar-refractivity contribution in [3.8, 4) is 28.5 Å². The summed E-state index contributed by atoms with van der Waals surface area (Å²) < 4.78 is 52.8. The van der Waals surface area contributed by atoms with Crippen LogP contribution in [0.15, 0.2) is 24.3 Å². The Kier molecular flexibility index (Phi) is 10.6. The summed E-state index contributed by atoms with van der Waals surface area (Å²) in [6, 6.07) is 6.51. The highest BCUT2D eigenvalue weighted by Crippen LogP contribution is 2.60. The smallest absolute Gasteiger partial charge is 0.410 e. The van der Waals surface area contributed by atoms with E-state index in [1.54, 1.807) is 41.6 Å². The van der Waals surface area contributed by atoms with Crippen molar-refractivity contribution in [2.24, 2.45) is 11.8 Å². The summed E-state index contributed by atoms with van der Waals surface area (Å²) in [5, 5.41) is 18.5. The molecule has 2 aliphatic carbocycles. The van der Waals surface area contributed by atoms with Gasteiger partial charge in [0.1, 0.15) is 42.1 Å². The van der Waals surface area contributed by atoms with E-state index in [4.69, 9.17) is 24.3 Å². The maximum absolute atomic E-state index is 17.9. The molecular formula is C45H58F2N4O5Si. The van der Waals surface area contributed by atoms with Crippen LogP contribution in [-0.4, -0.2) is 71.5 Å². The number of ether oxygens (including phenoxy) is 3. The Hall–Kier alpha value is -4.05. The quantitative estimate of drug-likeness (QED) is 0.0969. The van der Waals surface area contributed by atoms with Gasteiger partial charge in [-0.2, -0.15) is 5.10 Å². The third-order valence-corrected chi connectivity index (χ3v) is 18.6. The second-order valence-corrected chi connectivity index (χ2v) is 24.5. The fourth-order valence-electron chi connectivity index (χ4n) is 9.61. The molecule has 0 radical (unpaired) electrons. The highest BCUT2D eigenvalue weighted by Gasteiger charge is 2.60. The van der Waals surface area contributed by atoms with Gasteiger partial charge in [0, 0.05) is 37.1 Å². The first-order chi connectivity index (χ1) is 26.7. The van der Waals surface area contributed by atoms with Gasteiger partial charge in [-0.15, -0.1) is 5.54 Å². The number of likely N-dealkylation sites (tertiary alicyclic amines) is 1. The van der Waals surface area contributed by atoms with Gasteiger partial charge in [0.15, 0.2) is 12.6 Å². The molecule has 9 nitrogen and oxygen atoms in total. The van der Waals surface area contributed by atoms with E-state index in [-0.39, 0.29) is 59.1 Å². The number of benzene rings is 2. The van der Waals surface area contributed by atoms with Crippen LogP contribution in [0.25, 0.3) is 32.9 Å². The summed E-state index contributed by atoms with van der Waals surface area (Å²) in [4.78, 5) is 19.7. The first-order valence-corrected chi connectivity index (χ1v) is 22.7. The lowest BCUT2D eigenvalue weighted by Gasteiger charge is -2.38.